The number of anilines is 2. The molecule has 100 valence electrons. The highest BCUT2D eigenvalue weighted by Gasteiger charge is 2.08. The van der Waals surface area contributed by atoms with Crippen LogP contribution in [0.25, 0.3) is 0 Å². The molecule has 6 nitrogen and oxygen atoms in total. The third-order valence-electron chi connectivity index (χ3n) is 2.01. The monoisotopic (exact) mass is 296 g/mol. The van der Waals surface area contributed by atoms with Gasteiger partial charge in [-0.05, 0) is 35.0 Å². The first kappa shape index (κ1) is 13.4. The summed E-state index contributed by atoms with van der Waals surface area (Å²) in [4.78, 5) is 22.9. The van der Waals surface area contributed by atoms with E-state index in [0.717, 1.165) is 10.0 Å². The largest absolute Gasteiger partial charge is 0.289 e. The fourth-order valence-corrected chi connectivity index (χ4v) is 2.34. The van der Waals surface area contributed by atoms with E-state index in [1.54, 1.807) is 0 Å². The third-order valence-corrected chi connectivity index (χ3v) is 3.58. The average molecular weight is 296 g/mol. The van der Waals surface area contributed by atoms with Gasteiger partial charge in [0.05, 0.1) is 0 Å². The van der Waals surface area contributed by atoms with Crippen LogP contribution in [0, 0.1) is 0 Å². The van der Waals surface area contributed by atoms with Gasteiger partial charge in [0, 0.05) is 0 Å². The standard InChI is InChI=1S/C11H12N4O2S2/c16-8(12-14-10-3-1-5-18-10)7-9(17)13-15-11-4-2-6-19-11/h1-6,14-15H,7H2,(H,12,16)(H,13,17). The molecule has 0 aliphatic heterocycles. The van der Waals surface area contributed by atoms with Crippen molar-refractivity contribution in [3.63, 3.8) is 0 Å². The molecule has 4 N–H and O–H groups in total. The highest BCUT2D eigenvalue weighted by atomic mass is 32.1. The van der Waals surface area contributed by atoms with Crippen LogP contribution < -0.4 is 21.7 Å². The first-order valence-corrected chi connectivity index (χ1v) is 7.16. The summed E-state index contributed by atoms with van der Waals surface area (Å²) in [5, 5.41) is 5.38. The maximum Gasteiger partial charge on any atom is 0.247 e. The van der Waals surface area contributed by atoms with Crippen molar-refractivity contribution in [2.75, 3.05) is 10.9 Å². The van der Waals surface area contributed by atoms with Crippen molar-refractivity contribution < 1.29 is 9.59 Å². The van der Waals surface area contributed by atoms with Gasteiger partial charge in [-0.2, -0.15) is 0 Å². The van der Waals surface area contributed by atoms with Crippen molar-refractivity contribution >= 4 is 44.5 Å². The Bertz CT molecular complexity index is 477. The van der Waals surface area contributed by atoms with E-state index in [0.29, 0.717) is 0 Å². The second-order valence-corrected chi connectivity index (χ2v) is 5.37. The zero-order chi connectivity index (χ0) is 13.5. The van der Waals surface area contributed by atoms with E-state index in [1.807, 2.05) is 35.0 Å². The summed E-state index contributed by atoms with van der Waals surface area (Å²) in [5.74, 6) is -0.808. The number of amides is 2. The summed E-state index contributed by atoms with van der Waals surface area (Å²) in [6.45, 7) is 0. The highest BCUT2D eigenvalue weighted by molar-refractivity contribution is 7.14. The number of hydrogen-bond acceptors (Lipinski definition) is 6. The zero-order valence-electron chi connectivity index (χ0n) is 9.80. The predicted molar refractivity (Wildman–Crippen MR) is 76.8 cm³/mol. The van der Waals surface area contributed by atoms with Gasteiger partial charge >= 0.3 is 0 Å². The number of thiophene rings is 2. The van der Waals surface area contributed by atoms with Gasteiger partial charge in [-0.3, -0.25) is 31.3 Å². The van der Waals surface area contributed by atoms with Crippen LogP contribution in [0.15, 0.2) is 35.0 Å². The van der Waals surface area contributed by atoms with Gasteiger partial charge in [-0.15, -0.1) is 22.7 Å². The van der Waals surface area contributed by atoms with Gasteiger partial charge in [0.25, 0.3) is 0 Å². The van der Waals surface area contributed by atoms with Crippen molar-refractivity contribution in [3.8, 4) is 0 Å². The summed E-state index contributed by atoms with van der Waals surface area (Å²) in [7, 11) is 0. The minimum Gasteiger partial charge on any atom is -0.289 e. The molecule has 0 radical (unpaired) electrons. The topological polar surface area (TPSA) is 82.3 Å². The van der Waals surface area contributed by atoms with Crippen LogP contribution in [0.1, 0.15) is 6.42 Å². The summed E-state index contributed by atoms with van der Waals surface area (Å²) in [6.07, 6.45) is -0.253. The van der Waals surface area contributed by atoms with Crippen molar-refractivity contribution in [1.82, 2.24) is 10.9 Å². The van der Waals surface area contributed by atoms with Gasteiger partial charge in [0.2, 0.25) is 11.8 Å². The van der Waals surface area contributed by atoms with Crippen LogP contribution in [-0.2, 0) is 9.59 Å². The number of rotatable bonds is 6. The molecule has 8 heteroatoms. The molecule has 0 saturated heterocycles. The smallest absolute Gasteiger partial charge is 0.247 e. The summed E-state index contributed by atoms with van der Waals surface area (Å²) < 4.78 is 0. The Morgan fingerprint density at radius 1 is 0.895 bits per heavy atom. The maximum absolute atomic E-state index is 11.5. The molecule has 0 aliphatic rings. The van der Waals surface area contributed by atoms with Crippen LogP contribution in [0.3, 0.4) is 0 Å². The molecule has 0 saturated carbocycles. The maximum atomic E-state index is 11.5. The Balaban J connectivity index is 1.65. The van der Waals surface area contributed by atoms with E-state index >= 15 is 0 Å². The fraction of sp³-hybridized carbons (Fsp3) is 0.0909. The van der Waals surface area contributed by atoms with Crippen LogP contribution in [0.2, 0.25) is 0 Å². The van der Waals surface area contributed by atoms with Crippen molar-refractivity contribution in [2.45, 2.75) is 6.42 Å². The van der Waals surface area contributed by atoms with Crippen LogP contribution in [-0.4, -0.2) is 11.8 Å². The van der Waals surface area contributed by atoms with E-state index < -0.39 is 11.8 Å². The summed E-state index contributed by atoms with van der Waals surface area (Å²) in [5.41, 5.74) is 10.3. The van der Waals surface area contributed by atoms with Gasteiger partial charge in [-0.1, -0.05) is 0 Å². The van der Waals surface area contributed by atoms with Gasteiger partial charge < -0.3 is 0 Å². The molecule has 19 heavy (non-hydrogen) atoms. The molecule has 2 aromatic heterocycles. The Morgan fingerprint density at radius 3 is 1.74 bits per heavy atom. The number of hydrogen-bond donors (Lipinski definition) is 4. The number of hydrazine groups is 2. The van der Waals surface area contributed by atoms with Gasteiger partial charge in [0.1, 0.15) is 16.4 Å². The first-order chi connectivity index (χ1) is 9.24. The zero-order valence-corrected chi connectivity index (χ0v) is 11.4. The third kappa shape index (κ3) is 4.60. The van der Waals surface area contributed by atoms with Crippen molar-refractivity contribution in [2.24, 2.45) is 0 Å². The number of carbonyl (C=O) groups is 2. The minimum absolute atomic E-state index is 0.253. The number of nitrogens with one attached hydrogen (secondary N) is 4. The molecule has 2 amide bonds. The lowest BCUT2D eigenvalue weighted by Crippen LogP contribution is -2.36. The van der Waals surface area contributed by atoms with Crippen molar-refractivity contribution in [1.29, 1.82) is 0 Å². The average Bonchev–Trinajstić information content (AvgIpc) is 3.07. The number of carbonyl (C=O) groups excluding carboxylic acids is 2. The molecule has 0 aromatic carbocycles. The Kier molecular flexibility index (Phi) is 4.76. The molecule has 0 bridgehead atoms. The second kappa shape index (κ2) is 6.76. The molecule has 0 atom stereocenters. The van der Waals surface area contributed by atoms with E-state index in [9.17, 15) is 9.59 Å². The summed E-state index contributed by atoms with van der Waals surface area (Å²) in [6, 6.07) is 7.36. The second-order valence-electron chi connectivity index (χ2n) is 3.48. The van der Waals surface area contributed by atoms with E-state index in [-0.39, 0.29) is 6.42 Å². The van der Waals surface area contributed by atoms with Gasteiger partial charge in [0.15, 0.2) is 0 Å². The van der Waals surface area contributed by atoms with E-state index in [1.165, 1.54) is 22.7 Å². The molecule has 2 heterocycles. The molecule has 0 aliphatic carbocycles. The van der Waals surface area contributed by atoms with Crippen LogP contribution in [0.4, 0.5) is 10.0 Å². The highest BCUT2D eigenvalue weighted by Crippen LogP contribution is 2.13. The normalized spacial score (nSPS) is 9.68. The molecule has 2 aromatic rings. The predicted octanol–water partition coefficient (Wildman–Crippen LogP) is 1.79. The molecule has 0 spiro atoms. The lowest BCUT2D eigenvalue weighted by molar-refractivity contribution is -0.128. The Morgan fingerprint density at radius 2 is 1.37 bits per heavy atom. The lowest BCUT2D eigenvalue weighted by Gasteiger charge is -2.07. The van der Waals surface area contributed by atoms with Gasteiger partial charge in [-0.25, -0.2) is 0 Å². The van der Waals surface area contributed by atoms with E-state index in [4.69, 9.17) is 0 Å². The Hall–Kier alpha value is -2.06. The molecular formula is C11H12N4O2S2. The van der Waals surface area contributed by atoms with E-state index in [2.05, 4.69) is 21.7 Å². The molecule has 0 unspecified atom stereocenters. The lowest BCUT2D eigenvalue weighted by atomic mass is 10.4. The van der Waals surface area contributed by atoms with Crippen LogP contribution in [0.5, 0.6) is 0 Å². The summed E-state index contributed by atoms with van der Waals surface area (Å²) >= 11 is 2.91. The molecule has 2 rings (SSSR count). The molecular weight excluding hydrogens is 284 g/mol. The minimum atomic E-state index is -0.404. The van der Waals surface area contributed by atoms with Crippen LogP contribution >= 0.6 is 22.7 Å². The Labute approximate surface area is 117 Å². The SMILES string of the molecule is O=C(CC(=O)NNc1cccs1)NNc1cccs1. The molecule has 0 fully saturated rings. The first-order valence-electron chi connectivity index (χ1n) is 5.41. The fourth-order valence-electron chi connectivity index (χ4n) is 1.20. The van der Waals surface area contributed by atoms with Crippen molar-refractivity contribution in [3.05, 3.63) is 35.0 Å². The quantitative estimate of drug-likeness (QED) is 0.484.